The second-order valence-electron chi connectivity index (χ2n) is 4.67. The number of aromatic nitrogens is 3. The molecule has 0 bridgehead atoms. The van der Waals surface area contributed by atoms with Crippen LogP contribution >= 0.6 is 15.9 Å². The summed E-state index contributed by atoms with van der Waals surface area (Å²) in [6, 6.07) is 6.59. The van der Waals surface area contributed by atoms with Crippen LogP contribution in [0, 0.1) is 0 Å². The van der Waals surface area contributed by atoms with Crippen LogP contribution in [0.15, 0.2) is 33.6 Å². The second kappa shape index (κ2) is 6.57. The molecule has 1 aromatic heterocycles. The summed E-state index contributed by atoms with van der Waals surface area (Å²) in [5, 5.41) is 7.72. The lowest BCUT2D eigenvalue weighted by molar-refractivity contribution is 0.564. The van der Waals surface area contributed by atoms with E-state index in [-0.39, 0.29) is 12.3 Å². The third kappa shape index (κ3) is 3.82. The molecule has 8 heteroatoms. The van der Waals surface area contributed by atoms with Gasteiger partial charge in [0.05, 0.1) is 22.9 Å². The van der Waals surface area contributed by atoms with Crippen LogP contribution in [0.25, 0.3) is 0 Å². The number of halogens is 1. The second-order valence-corrected chi connectivity index (χ2v) is 7.69. The Kier molecular flexibility index (Phi) is 5.00. The number of anilines is 1. The van der Waals surface area contributed by atoms with E-state index >= 15 is 0 Å². The van der Waals surface area contributed by atoms with Gasteiger partial charge in [0.15, 0.2) is 15.7 Å². The molecule has 0 aliphatic heterocycles. The van der Waals surface area contributed by atoms with Crippen LogP contribution in [-0.4, -0.2) is 29.2 Å². The Morgan fingerprint density at radius 1 is 1.29 bits per heavy atom. The summed E-state index contributed by atoms with van der Waals surface area (Å²) >= 11 is 3.29. The van der Waals surface area contributed by atoms with Gasteiger partial charge in [-0.3, -0.25) is 0 Å². The van der Waals surface area contributed by atoms with Gasteiger partial charge < -0.3 is 5.73 Å². The lowest BCUT2D eigenvalue weighted by Gasteiger charge is -2.07. The van der Waals surface area contributed by atoms with Crippen molar-refractivity contribution in [2.45, 2.75) is 31.2 Å². The third-order valence-electron chi connectivity index (χ3n) is 3.10. The number of nitrogen functional groups attached to an aromatic ring is 1. The molecule has 0 atom stereocenters. The van der Waals surface area contributed by atoms with Crippen molar-refractivity contribution in [3.63, 3.8) is 0 Å². The molecule has 1 heterocycles. The molecule has 0 aliphatic carbocycles. The molecule has 114 valence electrons. The average Bonchev–Trinajstić information content (AvgIpc) is 2.79. The first-order valence-electron chi connectivity index (χ1n) is 6.60. The number of nitrogens with zero attached hydrogens (tertiary/aromatic N) is 3. The summed E-state index contributed by atoms with van der Waals surface area (Å²) < 4.78 is 27.0. The normalized spacial score (nSPS) is 11.7. The standard InChI is InChI=1S/C13H17BrN4O2S/c1-2-3-12-13(15)16-17-18(12)8-9-21(19,20)11-6-4-10(14)5-7-11/h4-7H,2-3,8-9,15H2,1H3. The first-order valence-corrected chi connectivity index (χ1v) is 9.04. The van der Waals surface area contributed by atoms with Gasteiger partial charge in [0.25, 0.3) is 0 Å². The molecule has 0 aliphatic rings. The van der Waals surface area contributed by atoms with Crippen molar-refractivity contribution in [1.82, 2.24) is 15.0 Å². The highest BCUT2D eigenvalue weighted by molar-refractivity contribution is 9.10. The maximum Gasteiger partial charge on any atom is 0.180 e. The van der Waals surface area contributed by atoms with E-state index in [1.54, 1.807) is 28.9 Å². The van der Waals surface area contributed by atoms with Crippen LogP contribution in [0.5, 0.6) is 0 Å². The van der Waals surface area contributed by atoms with Crippen molar-refractivity contribution >= 4 is 31.6 Å². The number of aryl methyl sites for hydroxylation is 1. The number of rotatable bonds is 6. The maximum absolute atomic E-state index is 12.3. The number of hydrogen-bond acceptors (Lipinski definition) is 5. The van der Waals surface area contributed by atoms with Gasteiger partial charge >= 0.3 is 0 Å². The molecule has 6 nitrogen and oxygen atoms in total. The molecule has 0 radical (unpaired) electrons. The predicted octanol–water partition coefficient (Wildman–Crippen LogP) is 2.05. The predicted molar refractivity (Wildman–Crippen MR) is 84.6 cm³/mol. The summed E-state index contributed by atoms with van der Waals surface area (Å²) in [6.07, 6.45) is 1.63. The van der Waals surface area contributed by atoms with Crippen LogP contribution in [0.2, 0.25) is 0 Å². The van der Waals surface area contributed by atoms with E-state index in [0.29, 0.717) is 10.7 Å². The number of nitrogens with two attached hydrogens (primary N) is 1. The summed E-state index contributed by atoms with van der Waals surface area (Å²) in [7, 11) is -3.35. The van der Waals surface area contributed by atoms with Gasteiger partial charge in [-0.1, -0.05) is 34.5 Å². The lowest BCUT2D eigenvalue weighted by Crippen LogP contribution is -2.16. The van der Waals surface area contributed by atoms with Crippen LogP contribution in [0.1, 0.15) is 19.0 Å². The molecular weight excluding hydrogens is 356 g/mol. The highest BCUT2D eigenvalue weighted by Gasteiger charge is 2.17. The van der Waals surface area contributed by atoms with Gasteiger partial charge in [-0.2, -0.15) is 0 Å². The summed E-state index contributed by atoms with van der Waals surface area (Å²) in [5.74, 6) is 0.339. The fourth-order valence-corrected chi connectivity index (χ4v) is 3.45. The molecule has 2 N–H and O–H groups in total. The van der Waals surface area contributed by atoms with Gasteiger partial charge in [-0.25, -0.2) is 13.1 Å². The van der Waals surface area contributed by atoms with E-state index in [9.17, 15) is 8.42 Å². The zero-order valence-corrected chi connectivity index (χ0v) is 14.1. The topological polar surface area (TPSA) is 90.9 Å². The molecule has 0 amide bonds. The molecule has 2 rings (SSSR count). The average molecular weight is 373 g/mol. The van der Waals surface area contributed by atoms with E-state index < -0.39 is 9.84 Å². The molecular formula is C13H17BrN4O2S. The smallest absolute Gasteiger partial charge is 0.180 e. The molecule has 0 saturated carbocycles. The van der Waals surface area contributed by atoms with Crippen molar-refractivity contribution in [1.29, 1.82) is 0 Å². The monoisotopic (exact) mass is 372 g/mol. The van der Waals surface area contributed by atoms with E-state index in [2.05, 4.69) is 26.2 Å². The Hall–Kier alpha value is -1.41. The van der Waals surface area contributed by atoms with Gasteiger partial charge in [-0.05, 0) is 30.7 Å². The molecule has 0 saturated heterocycles. The Labute approximate surface area is 132 Å². The van der Waals surface area contributed by atoms with Crippen LogP contribution in [0.3, 0.4) is 0 Å². The number of benzene rings is 1. The molecule has 1 aromatic carbocycles. The third-order valence-corrected chi connectivity index (χ3v) is 5.34. The van der Waals surface area contributed by atoms with Gasteiger partial charge in [-0.15, -0.1) is 5.10 Å². The molecule has 2 aromatic rings. The Bertz CT molecular complexity index is 710. The summed E-state index contributed by atoms with van der Waals surface area (Å²) in [4.78, 5) is 0.302. The number of hydrogen-bond donors (Lipinski definition) is 1. The Morgan fingerprint density at radius 3 is 2.57 bits per heavy atom. The van der Waals surface area contributed by atoms with Gasteiger partial charge in [0, 0.05) is 4.47 Å². The van der Waals surface area contributed by atoms with Gasteiger partial charge in [0.2, 0.25) is 0 Å². The van der Waals surface area contributed by atoms with Gasteiger partial charge in [0.1, 0.15) is 0 Å². The van der Waals surface area contributed by atoms with E-state index in [4.69, 9.17) is 5.73 Å². The quantitative estimate of drug-likeness (QED) is 0.837. The first-order chi connectivity index (χ1) is 9.94. The zero-order chi connectivity index (χ0) is 15.5. The molecule has 0 unspecified atom stereocenters. The minimum absolute atomic E-state index is 0.0336. The summed E-state index contributed by atoms with van der Waals surface area (Å²) in [6.45, 7) is 2.27. The van der Waals surface area contributed by atoms with E-state index in [0.717, 1.165) is 23.0 Å². The van der Waals surface area contributed by atoms with Crippen molar-refractivity contribution in [3.05, 3.63) is 34.4 Å². The minimum atomic E-state index is -3.35. The van der Waals surface area contributed by atoms with Crippen molar-refractivity contribution in [2.24, 2.45) is 0 Å². The Morgan fingerprint density at radius 2 is 1.95 bits per heavy atom. The van der Waals surface area contributed by atoms with E-state index in [1.165, 1.54) is 0 Å². The maximum atomic E-state index is 12.3. The SMILES string of the molecule is CCCc1c(N)nnn1CCS(=O)(=O)c1ccc(Br)cc1. The van der Waals surface area contributed by atoms with Crippen molar-refractivity contribution in [3.8, 4) is 0 Å². The van der Waals surface area contributed by atoms with Crippen LogP contribution in [0.4, 0.5) is 5.82 Å². The fourth-order valence-electron chi connectivity index (χ4n) is 1.99. The van der Waals surface area contributed by atoms with Crippen LogP contribution < -0.4 is 5.73 Å². The molecule has 0 fully saturated rings. The van der Waals surface area contributed by atoms with Crippen molar-refractivity contribution < 1.29 is 8.42 Å². The summed E-state index contributed by atoms with van der Waals surface area (Å²) in [5.41, 5.74) is 6.54. The fraction of sp³-hybridized carbons (Fsp3) is 0.385. The van der Waals surface area contributed by atoms with Crippen molar-refractivity contribution in [2.75, 3.05) is 11.5 Å². The molecule has 21 heavy (non-hydrogen) atoms. The lowest BCUT2D eigenvalue weighted by atomic mass is 10.2. The highest BCUT2D eigenvalue weighted by Crippen LogP contribution is 2.17. The zero-order valence-electron chi connectivity index (χ0n) is 11.7. The minimum Gasteiger partial charge on any atom is -0.381 e. The largest absolute Gasteiger partial charge is 0.381 e. The first kappa shape index (κ1) is 16.0. The number of sulfone groups is 1. The van der Waals surface area contributed by atoms with E-state index in [1.807, 2.05) is 6.92 Å². The highest BCUT2D eigenvalue weighted by atomic mass is 79.9. The molecule has 0 spiro atoms. The Balaban J connectivity index is 2.13. The van der Waals surface area contributed by atoms with Crippen LogP contribution in [-0.2, 0) is 22.8 Å².